The van der Waals surface area contributed by atoms with E-state index in [1.54, 1.807) is 6.20 Å². The third-order valence-corrected chi connectivity index (χ3v) is 5.71. The van der Waals surface area contributed by atoms with Crippen LogP contribution in [0.4, 0.5) is 0 Å². The van der Waals surface area contributed by atoms with Crippen LogP contribution >= 0.6 is 0 Å². The van der Waals surface area contributed by atoms with E-state index < -0.39 is 6.10 Å². The summed E-state index contributed by atoms with van der Waals surface area (Å²) in [5.74, 6) is 1.09. The second-order valence-corrected chi connectivity index (χ2v) is 7.37. The van der Waals surface area contributed by atoms with Crippen molar-refractivity contribution >= 4 is 0 Å². The molecule has 1 atom stereocenters. The Morgan fingerprint density at radius 1 is 1.25 bits per heavy atom. The smallest absolute Gasteiger partial charge is 0.137 e. The van der Waals surface area contributed by atoms with Crippen molar-refractivity contribution in [2.24, 2.45) is 13.0 Å². The molecule has 1 aliphatic heterocycles. The minimum Gasteiger partial charge on any atom is -0.385 e. The largest absolute Gasteiger partial charge is 0.385 e. The molecule has 2 aromatic rings. The van der Waals surface area contributed by atoms with Crippen molar-refractivity contribution in [3.8, 4) is 0 Å². The van der Waals surface area contributed by atoms with Gasteiger partial charge in [-0.2, -0.15) is 5.10 Å². The Labute approximate surface area is 143 Å². The highest BCUT2D eigenvalue weighted by molar-refractivity contribution is 5.06. The molecule has 2 aliphatic rings. The molecule has 1 N–H and O–H groups in total. The third-order valence-electron chi connectivity index (χ3n) is 5.71. The number of aliphatic hydroxyl groups excluding tert-OH is 1. The first-order valence-electron chi connectivity index (χ1n) is 9.11. The average molecular weight is 329 g/mol. The van der Waals surface area contributed by atoms with E-state index in [0.717, 1.165) is 38.3 Å². The summed E-state index contributed by atoms with van der Waals surface area (Å²) in [5.41, 5.74) is 1.31. The second kappa shape index (κ2) is 6.69. The lowest BCUT2D eigenvalue weighted by atomic mass is 9.90. The van der Waals surface area contributed by atoms with E-state index in [1.807, 2.05) is 24.0 Å². The number of rotatable bonds is 5. The van der Waals surface area contributed by atoms with E-state index in [-0.39, 0.29) is 0 Å². The lowest BCUT2D eigenvalue weighted by Gasteiger charge is -2.33. The van der Waals surface area contributed by atoms with Crippen molar-refractivity contribution in [2.45, 2.75) is 50.8 Å². The Balaban J connectivity index is 1.29. The first kappa shape index (κ1) is 15.8. The first-order valence-corrected chi connectivity index (χ1v) is 9.11. The topological polar surface area (TPSA) is 59.1 Å². The SMILES string of the molecule is Cn1ccnc1C(O)C1CCN(Cc2cnn(C3CCC3)c2)CC1. The van der Waals surface area contributed by atoms with Crippen molar-refractivity contribution in [3.63, 3.8) is 0 Å². The zero-order valence-electron chi connectivity index (χ0n) is 14.4. The molecular formula is C18H27N5O. The molecule has 0 amide bonds. The maximum Gasteiger partial charge on any atom is 0.137 e. The van der Waals surface area contributed by atoms with Gasteiger partial charge in [0.2, 0.25) is 0 Å². The van der Waals surface area contributed by atoms with Crippen LogP contribution in [-0.2, 0) is 13.6 Å². The number of hydrogen-bond donors (Lipinski definition) is 1. The fraction of sp³-hybridized carbons (Fsp3) is 0.667. The van der Waals surface area contributed by atoms with Crippen LogP contribution in [0.3, 0.4) is 0 Å². The van der Waals surface area contributed by atoms with Gasteiger partial charge in [-0.15, -0.1) is 0 Å². The summed E-state index contributed by atoms with van der Waals surface area (Å²) in [6, 6.07) is 0.636. The number of aliphatic hydroxyl groups is 1. The summed E-state index contributed by atoms with van der Waals surface area (Å²) in [6.07, 6.45) is 13.4. The molecule has 1 unspecified atom stereocenters. The zero-order chi connectivity index (χ0) is 16.5. The summed E-state index contributed by atoms with van der Waals surface area (Å²) in [6.45, 7) is 3.03. The number of aromatic nitrogens is 4. The molecule has 3 heterocycles. The van der Waals surface area contributed by atoms with Gasteiger partial charge in [0, 0.05) is 37.7 Å². The zero-order valence-corrected chi connectivity index (χ0v) is 14.4. The lowest BCUT2D eigenvalue weighted by Crippen LogP contribution is -2.35. The van der Waals surface area contributed by atoms with E-state index in [9.17, 15) is 5.11 Å². The van der Waals surface area contributed by atoms with Crippen LogP contribution in [-0.4, -0.2) is 42.4 Å². The van der Waals surface area contributed by atoms with Crippen molar-refractivity contribution in [1.82, 2.24) is 24.2 Å². The number of aryl methyl sites for hydroxylation is 1. The average Bonchev–Trinajstić information content (AvgIpc) is 3.15. The van der Waals surface area contributed by atoms with Gasteiger partial charge in [0.1, 0.15) is 11.9 Å². The standard InChI is InChI=1S/C18H27N5O/c1-21-10-7-19-18(21)17(24)15-5-8-22(9-6-15)12-14-11-20-23(13-14)16-3-2-4-16/h7,10-11,13,15-17,24H,2-6,8-9,12H2,1H3. The van der Waals surface area contributed by atoms with Gasteiger partial charge in [-0.05, 0) is 51.1 Å². The normalized spacial score (nSPS) is 21.8. The lowest BCUT2D eigenvalue weighted by molar-refractivity contribution is 0.0492. The molecule has 1 saturated carbocycles. The molecule has 6 heteroatoms. The van der Waals surface area contributed by atoms with Gasteiger partial charge in [-0.1, -0.05) is 0 Å². The van der Waals surface area contributed by atoms with Crippen molar-refractivity contribution in [3.05, 3.63) is 36.2 Å². The van der Waals surface area contributed by atoms with E-state index in [4.69, 9.17) is 0 Å². The first-order chi connectivity index (χ1) is 11.7. The molecule has 2 aromatic heterocycles. The molecule has 0 radical (unpaired) electrons. The Bertz CT molecular complexity index is 667. The highest BCUT2D eigenvalue weighted by Gasteiger charge is 2.28. The molecule has 24 heavy (non-hydrogen) atoms. The Hall–Kier alpha value is -1.66. The summed E-state index contributed by atoms with van der Waals surface area (Å²) in [4.78, 5) is 6.77. The fourth-order valence-electron chi connectivity index (χ4n) is 3.87. The van der Waals surface area contributed by atoms with Gasteiger partial charge in [0.15, 0.2) is 0 Å². The molecule has 4 rings (SSSR count). The van der Waals surface area contributed by atoms with Gasteiger partial charge < -0.3 is 9.67 Å². The summed E-state index contributed by atoms with van der Waals surface area (Å²) < 4.78 is 4.07. The van der Waals surface area contributed by atoms with Crippen LogP contribution in [0.2, 0.25) is 0 Å². The molecule has 6 nitrogen and oxygen atoms in total. The number of piperidine rings is 1. The van der Waals surface area contributed by atoms with Crippen LogP contribution in [0, 0.1) is 5.92 Å². The Morgan fingerprint density at radius 3 is 2.67 bits per heavy atom. The summed E-state index contributed by atoms with van der Waals surface area (Å²) in [7, 11) is 1.94. The fourth-order valence-corrected chi connectivity index (χ4v) is 3.87. The minimum atomic E-state index is -0.450. The van der Waals surface area contributed by atoms with Crippen molar-refractivity contribution in [2.75, 3.05) is 13.1 Å². The molecule has 1 aliphatic carbocycles. The quantitative estimate of drug-likeness (QED) is 0.914. The maximum atomic E-state index is 10.6. The van der Waals surface area contributed by atoms with Crippen LogP contribution in [0.1, 0.15) is 55.6 Å². The summed E-state index contributed by atoms with van der Waals surface area (Å²) >= 11 is 0. The molecule has 0 bridgehead atoms. The number of imidazole rings is 1. The maximum absolute atomic E-state index is 10.6. The third kappa shape index (κ3) is 3.13. The molecule has 130 valence electrons. The highest BCUT2D eigenvalue weighted by atomic mass is 16.3. The van der Waals surface area contributed by atoms with Gasteiger partial charge in [0.05, 0.1) is 12.2 Å². The highest BCUT2D eigenvalue weighted by Crippen LogP contribution is 2.32. The van der Waals surface area contributed by atoms with E-state index in [1.165, 1.54) is 24.8 Å². The van der Waals surface area contributed by atoms with Crippen LogP contribution in [0.25, 0.3) is 0 Å². The molecular weight excluding hydrogens is 302 g/mol. The predicted molar refractivity (Wildman–Crippen MR) is 91.3 cm³/mol. The molecule has 1 saturated heterocycles. The molecule has 0 aromatic carbocycles. The van der Waals surface area contributed by atoms with Gasteiger partial charge in [-0.3, -0.25) is 9.58 Å². The number of likely N-dealkylation sites (tertiary alicyclic amines) is 1. The second-order valence-electron chi connectivity index (χ2n) is 7.37. The molecule has 0 spiro atoms. The van der Waals surface area contributed by atoms with Gasteiger partial charge in [-0.25, -0.2) is 4.98 Å². The monoisotopic (exact) mass is 329 g/mol. The van der Waals surface area contributed by atoms with Gasteiger partial charge >= 0.3 is 0 Å². The Kier molecular flexibility index (Phi) is 4.41. The van der Waals surface area contributed by atoms with Crippen LogP contribution in [0.5, 0.6) is 0 Å². The summed E-state index contributed by atoms with van der Waals surface area (Å²) in [5, 5.41) is 15.1. The van der Waals surface area contributed by atoms with E-state index >= 15 is 0 Å². The van der Waals surface area contributed by atoms with E-state index in [0.29, 0.717) is 12.0 Å². The van der Waals surface area contributed by atoms with Crippen molar-refractivity contribution < 1.29 is 5.11 Å². The number of nitrogens with zero attached hydrogens (tertiary/aromatic N) is 5. The molecule has 2 fully saturated rings. The predicted octanol–water partition coefficient (Wildman–Crippen LogP) is 2.29. The minimum absolute atomic E-state index is 0.306. The van der Waals surface area contributed by atoms with Crippen LogP contribution in [0.15, 0.2) is 24.8 Å². The number of hydrogen-bond acceptors (Lipinski definition) is 4. The van der Waals surface area contributed by atoms with Gasteiger partial charge in [0.25, 0.3) is 0 Å². The van der Waals surface area contributed by atoms with Crippen LogP contribution < -0.4 is 0 Å². The van der Waals surface area contributed by atoms with Crippen molar-refractivity contribution in [1.29, 1.82) is 0 Å². The Morgan fingerprint density at radius 2 is 2.04 bits per heavy atom. The van der Waals surface area contributed by atoms with E-state index in [2.05, 4.69) is 25.9 Å².